The number of rotatable bonds is 17. The molecule has 0 fully saturated rings. The zero-order valence-electron chi connectivity index (χ0n) is 84.6. The summed E-state index contributed by atoms with van der Waals surface area (Å²) >= 11 is 0. The number of aliphatic imine (C=N–C) groups is 8. The van der Waals surface area contributed by atoms with Crippen LogP contribution < -0.4 is 28.7 Å². The molecule has 0 amide bonds. The molecule has 11 N–H and O–H groups in total. The van der Waals surface area contributed by atoms with Crippen molar-refractivity contribution in [2.75, 3.05) is 35.2 Å². The second-order valence-electron chi connectivity index (χ2n) is 32.0. The Bertz CT molecular complexity index is 6260. The average molecular weight is 1850 g/mol. The Labute approximate surface area is 828 Å². The van der Waals surface area contributed by atoms with Gasteiger partial charge in [0.25, 0.3) is 0 Å². The maximum Gasteiger partial charge on any atom is 0.111 e. The fourth-order valence-electron chi connectivity index (χ4n) is 17.2. The molecule has 0 aliphatic carbocycles. The summed E-state index contributed by atoms with van der Waals surface area (Å²) in [5.41, 5.74) is 66.0. The standard InChI is InChI=1S/C30H24N2.C24H20N2.C23H19N3.C17H14N2.C15H13N.5C2H6.5CH5N/c1-3-7-21(8-4-1)15-27-19-25-17-23(11-13-29(25)31-27)24-12-14-30-26(18-24)20-28(32-30)16-22-9-5-2-6-10-22;1-3-7-17(8-4-1)11-21-14-19-13-20-15-22(12-18-9-5-2-6-10-18)26-24(20)16-23(19)25-21;1-3-7-16(8-4-1)11-19-13-18-14-21-22(15-20(18)24-19)26-23(25-21)12-17-9-5-2-6-10-17;1-3-7-16-12(5-1)9-14(18-16)11-15-10-13-6-2-4-8-17(13)19-15;1-2-6-12(7-3-1)10-14-11-13-8-4-5-9-15(13)16-14;10*1-2/h1-14,17-18H,15-16,19-20H2;1-10,13,16H,11-12,14-15H2;1-10,14-15H,11-13H2,(H,25,26);1-8H,9-11H2;1-9H,10-11H2;5*1-2H3;5*2H2,1H3. The monoisotopic (exact) mass is 1840 g/mol. The minimum absolute atomic E-state index is 0.822. The maximum atomic E-state index is 4.89. The summed E-state index contributed by atoms with van der Waals surface area (Å²) in [7, 11) is 7.50. The summed E-state index contributed by atoms with van der Waals surface area (Å²) in [5.74, 6) is 1.00. The highest BCUT2D eigenvalue weighted by atomic mass is 14.9. The molecule has 15 heteroatoms. The van der Waals surface area contributed by atoms with E-state index in [1.165, 1.54) is 176 Å². The molecule has 1 aromatic heterocycles. The lowest BCUT2D eigenvalue weighted by atomic mass is 9.96. The number of nitrogens with zero attached hydrogens (tertiary/aromatic N) is 9. The number of nitrogens with two attached hydrogens (primary N) is 5. The van der Waals surface area contributed by atoms with Gasteiger partial charge in [0.2, 0.25) is 0 Å². The van der Waals surface area contributed by atoms with Gasteiger partial charge in [0.1, 0.15) is 5.82 Å². The highest BCUT2D eigenvalue weighted by Crippen LogP contribution is 2.41. The van der Waals surface area contributed by atoms with Gasteiger partial charge in [-0.25, -0.2) is 4.98 Å². The number of benzene rings is 14. The third-order valence-electron chi connectivity index (χ3n) is 23.0. The Morgan fingerprint density at radius 2 is 0.396 bits per heavy atom. The Hall–Kier alpha value is -14.3. The van der Waals surface area contributed by atoms with Crippen LogP contribution in [0.25, 0.3) is 22.2 Å². The van der Waals surface area contributed by atoms with Gasteiger partial charge >= 0.3 is 0 Å². The first-order chi connectivity index (χ1) is 68.8. The molecule has 8 aliphatic rings. The number of nitrogens with one attached hydrogen (secondary N) is 1. The van der Waals surface area contributed by atoms with Crippen LogP contribution in [0.5, 0.6) is 0 Å². The number of hydrogen-bond acceptors (Lipinski definition) is 14. The van der Waals surface area contributed by atoms with Crippen molar-refractivity contribution in [3.63, 3.8) is 0 Å². The van der Waals surface area contributed by atoms with Crippen LogP contribution in [0.15, 0.2) is 386 Å². The van der Waals surface area contributed by atoms with Crippen molar-refractivity contribution < 1.29 is 0 Å². The Balaban J connectivity index is 0.000000188. The van der Waals surface area contributed by atoms with Gasteiger partial charge in [-0.05, 0) is 190 Å². The Morgan fingerprint density at radius 3 is 0.669 bits per heavy atom. The van der Waals surface area contributed by atoms with Crippen molar-refractivity contribution in [2.45, 2.75) is 172 Å². The van der Waals surface area contributed by atoms with Crippen LogP contribution >= 0.6 is 0 Å². The zero-order valence-corrected chi connectivity index (χ0v) is 84.6. The minimum Gasteiger partial charge on any atom is -0.342 e. The summed E-state index contributed by atoms with van der Waals surface area (Å²) < 4.78 is 0. The molecule has 14 aromatic carbocycles. The fraction of sp³-hybridized carbons (Fsp3) is 0.250. The molecule has 8 aliphatic heterocycles. The second-order valence-corrected chi connectivity index (χ2v) is 32.0. The number of imidazole rings is 1. The van der Waals surface area contributed by atoms with Gasteiger partial charge in [0.15, 0.2) is 0 Å². The molecule has 15 aromatic rings. The van der Waals surface area contributed by atoms with Gasteiger partial charge in [0, 0.05) is 148 Å². The number of para-hydroxylation sites is 3. The molecule has 0 spiro atoms. The summed E-state index contributed by atoms with van der Waals surface area (Å²) in [6, 6.07) is 121. The van der Waals surface area contributed by atoms with Crippen LogP contribution in [-0.2, 0) is 96.3 Å². The fourth-order valence-corrected chi connectivity index (χ4v) is 17.2. The summed E-state index contributed by atoms with van der Waals surface area (Å²) in [6.07, 6.45) is 15.0. The number of aromatic nitrogens is 2. The van der Waals surface area contributed by atoms with E-state index in [0.29, 0.717) is 0 Å². The average Bonchev–Trinajstić information content (AvgIpc) is 1.64. The largest absolute Gasteiger partial charge is 0.342 e. The molecule has 23 rings (SSSR count). The molecule has 0 unspecified atom stereocenters. The molecule has 716 valence electrons. The second kappa shape index (κ2) is 59.7. The normalized spacial score (nSPS) is 12.5. The van der Waals surface area contributed by atoms with Crippen LogP contribution in [-0.4, -0.2) is 90.9 Å². The van der Waals surface area contributed by atoms with Crippen molar-refractivity contribution >= 4 is 102 Å². The van der Waals surface area contributed by atoms with Crippen molar-refractivity contribution in [3.05, 3.63) is 435 Å². The van der Waals surface area contributed by atoms with Gasteiger partial charge < -0.3 is 33.7 Å². The number of H-pyrrole nitrogens is 1. The first kappa shape index (κ1) is 108. The topological polar surface area (TPSA) is 258 Å². The third kappa shape index (κ3) is 31.6. The van der Waals surface area contributed by atoms with E-state index >= 15 is 0 Å². The van der Waals surface area contributed by atoms with Gasteiger partial charge in [-0.2, -0.15) is 0 Å². The molecule has 139 heavy (non-hydrogen) atoms. The molecule has 0 saturated carbocycles. The number of fused-ring (bicyclic) bond motifs is 9. The molecular weight excluding hydrogens is 1700 g/mol. The smallest absolute Gasteiger partial charge is 0.111 e. The SMILES string of the molecule is CC.CC.CC.CC.CC.CN.CN.CN.CN.CN.c1ccc(CC2=Nc3cc4c(cc3C2)CC(Cc2ccccc2)=N4)cc1.c1ccc(CC2=Nc3cc4nc(Cc5ccccc5)[nH]c4cc3C2)cc1.c1ccc(CC2=Nc3ccc(-c4ccc5c(c4)CC(Cc4ccccc4)=N5)cc3C2)cc1.c1ccc(CC2=Nc3ccccc3C2)cc1.c1ccc2c(c1)CC(CC1=Nc3ccccc3C1)=N2. The van der Waals surface area contributed by atoms with Crippen LogP contribution in [0.3, 0.4) is 0 Å². The van der Waals surface area contributed by atoms with Gasteiger partial charge in [-0.3, -0.25) is 39.9 Å². The maximum absolute atomic E-state index is 4.89. The van der Waals surface area contributed by atoms with E-state index in [1.54, 1.807) is 0 Å². The van der Waals surface area contributed by atoms with Crippen molar-refractivity contribution in [2.24, 2.45) is 68.6 Å². The lowest BCUT2D eigenvalue weighted by Gasteiger charge is -2.07. The molecule has 0 atom stereocenters. The quantitative estimate of drug-likeness (QED) is 0.0516. The van der Waals surface area contributed by atoms with E-state index in [-0.39, 0.29) is 0 Å². The Morgan fingerprint density at radius 1 is 0.187 bits per heavy atom. The highest BCUT2D eigenvalue weighted by Gasteiger charge is 2.26. The van der Waals surface area contributed by atoms with Gasteiger partial charge in [-0.15, -0.1) is 0 Å². The summed E-state index contributed by atoms with van der Waals surface area (Å²) in [6.45, 7) is 20.0. The van der Waals surface area contributed by atoms with E-state index < -0.39 is 0 Å². The predicted octanol–water partition coefficient (Wildman–Crippen LogP) is 28.1. The molecule has 9 heterocycles. The van der Waals surface area contributed by atoms with Gasteiger partial charge in [0.05, 0.1) is 56.5 Å². The lowest BCUT2D eigenvalue weighted by Crippen LogP contribution is -2.07. The lowest BCUT2D eigenvalue weighted by molar-refractivity contribution is 1.04. The zero-order chi connectivity index (χ0) is 99.5. The molecule has 15 nitrogen and oxygen atoms in total. The van der Waals surface area contributed by atoms with Crippen LogP contribution in [0.2, 0.25) is 0 Å². The first-order valence-electron chi connectivity index (χ1n) is 49.6. The minimum atomic E-state index is 0.822. The van der Waals surface area contributed by atoms with Crippen molar-refractivity contribution in [1.82, 2.24) is 9.97 Å². The third-order valence-corrected chi connectivity index (χ3v) is 23.0. The highest BCUT2D eigenvalue weighted by molar-refractivity contribution is 6.11. The van der Waals surface area contributed by atoms with E-state index in [0.717, 1.165) is 165 Å². The van der Waals surface area contributed by atoms with Crippen LogP contribution in [0.4, 0.5) is 45.5 Å². The molecular formula is C124H145N15. The first-order valence-corrected chi connectivity index (χ1v) is 49.6. The van der Waals surface area contributed by atoms with Crippen LogP contribution in [0, 0.1) is 0 Å². The number of hydrogen-bond donors (Lipinski definition) is 6. The predicted molar refractivity (Wildman–Crippen MR) is 602 cm³/mol. The Kier molecular flexibility index (Phi) is 46.5. The van der Waals surface area contributed by atoms with E-state index in [4.69, 9.17) is 39.9 Å². The molecule has 0 saturated heterocycles. The van der Waals surface area contributed by atoms with E-state index in [9.17, 15) is 0 Å². The molecule has 0 bridgehead atoms. The summed E-state index contributed by atoms with van der Waals surface area (Å²) in [5, 5.41) is 0. The van der Waals surface area contributed by atoms with Crippen molar-refractivity contribution in [3.8, 4) is 11.1 Å². The number of aromatic amines is 1. The van der Waals surface area contributed by atoms with E-state index in [1.807, 2.05) is 93.5 Å². The molecule has 0 radical (unpaired) electrons. The van der Waals surface area contributed by atoms with Gasteiger partial charge in [-0.1, -0.05) is 354 Å². The summed E-state index contributed by atoms with van der Waals surface area (Å²) in [4.78, 5) is 46.7. The van der Waals surface area contributed by atoms with Crippen molar-refractivity contribution in [1.29, 1.82) is 0 Å². The van der Waals surface area contributed by atoms with Crippen LogP contribution in [0.1, 0.15) is 165 Å². The van der Waals surface area contributed by atoms with E-state index in [2.05, 4.69) is 360 Å².